The number of carbonyl (C=O) groups excluding carboxylic acids is 2. The SMILES string of the molecule is CCN(c1ccccc1)S(=O)(=O)c1cccc(C(=O)O[C@@H]2CCCCC2=O)c1. The van der Waals surface area contributed by atoms with Crippen molar-refractivity contribution in [3.63, 3.8) is 0 Å². The third kappa shape index (κ3) is 4.25. The lowest BCUT2D eigenvalue weighted by Crippen LogP contribution is -2.31. The van der Waals surface area contributed by atoms with Gasteiger partial charge in [0, 0.05) is 13.0 Å². The molecule has 1 fully saturated rings. The third-order valence-electron chi connectivity index (χ3n) is 4.74. The first-order chi connectivity index (χ1) is 13.4. The molecule has 0 aliphatic heterocycles. The molecule has 0 bridgehead atoms. The highest BCUT2D eigenvalue weighted by atomic mass is 32.2. The van der Waals surface area contributed by atoms with E-state index in [9.17, 15) is 18.0 Å². The first-order valence-corrected chi connectivity index (χ1v) is 10.8. The van der Waals surface area contributed by atoms with Gasteiger partial charge in [0.1, 0.15) is 0 Å². The lowest BCUT2D eigenvalue weighted by Gasteiger charge is -2.23. The number of ether oxygens (including phenoxy) is 1. The van der Waals surface area contributed by atoms with E-state index in [4.69, 9.17) is 4.74 Å². The molecular weight excluding hydrogens is 378 g/mol. The van der Waals surface area contributed by atoms with Gasteiger partial charge < -0.3 is 4.74 Å². The van der Waals surface area contributed by atoms with Gasteiger partial charge in [-0.05, 0) is 56.5 Å². The number of Topliss-reactive ketones (excluding diaryl/α,β-unsaturated/α-hetero) is 1. The fourth-order valence-electron chi connectivity index (χ4n) is 3.27. The number of hydrogen-bond donors (Lipinski definition) is 0. The number of ketones is 1. The molecule has 7 heteroatoms. The second-order valence-electron chi connectivity index (χ2n) is 6.64. The Balaban J connectivity index is 1.85. The van der Waals surface area contributed by atoms with Gasteiger partial charge >= 0.3 is 5.97 Å². The summed E-state index contributed by atoms with van der Waals surface area (Å²) in [6.45, 7) is 1.99. The topological polar surface area (TPSA) is 80.8 Å². The van der Waals surface area contributed by atoms with Crippen molar-refractivity contribution >= 4 is 27.5 Å². The molecular formula is C21H23NO5S. The first-order valence-electron chi connectivity index (χ1n) is 9.35. The highest BCUT2D eigenvalue weighted by Gasteiger charge is 2.28. The van der Waals surface area contributed by atoms with Gasteiger partial charge in [0.25, 0.3) is 10.0 Å². The Hall–Kier alpha value is -2.67. The lowest BCUT2D eigenvalue weighted by atomic mass is 9.96. The van der Waals surface area contributed by atoms with Gasteiger partial charge in [-0.2, -0.15) is 0 Å². The van der Waals surface area contributed by atoms with Crippen LogP contribution >= 0.6 is 0 Å². The van der Waals surface area contributed by atoms with Crippen LogP contribution in [0.15, 0.2) is 59.5 Å². The molecule has 3 rings (SSSR count). The second-order valence-corrected chi connectivity index (χ2v) is 8.50. The molecule has 0 N–H and O–H groups in total. The molecule has 6 nitrogen and oxygen atoms in total. The van der Waals surface area contributed by atoms with Gasteiger partial charge in [0.2, 0.25) is 0 Å². The Labute approximate surface area is 165 Å². The number of esters is 1. The largest absolute Gasteiger partial charge is 0.451 e. The Morgan fingerprint density at radius 1 is 1.11 bits per heavy atom. The van der Waals surface area contributed by atoms with Crippen molar-refractivity contribution < 1.29 is 22.7 Å². The van der Waals surface area contributed by atoms with E-state index in [0.717, 1.165) is 12.8 Å². The minimum Gasteiger partial charge on any atom is -0.451 e. The fraction of sp³-hybridized carbons (Fsp3) is 0.333. The lowest BCUT2D eigenvalue weighted by molar-refractivity contribution is -0.129. The number of nitrogens with zero attached hydrogens (tertiary/aromatic N) is 1. The van der Waals surface area contributed by atoms with Crippen molar-refractivity contribution in [2.45, 2.75) is 43.6 Å². The van der Waals surface area contributed by atoms with Crippen molar-refractivity contribution in [1.29, 1.82) is 0 Å². The molecule has 0 aromatic heterocycles. The van der Waals surface area contributed by atoms with Crippen molar-refractivity contribution in [2.75, 3.05) is 10.8 Å². The van der Waals surface area contributed by atoms with Crippen molar-refractivity contribution in [1.82, 2.24) is 0 Å². The highest BCUT2D eigenvalue weighted by molar-refractivity contribution is 7.92. The summed E-state index contributed by atoms with van der Waals surface area (Å²) in [5.41, 5.74) is 0.661. The van der Waals surface area contributed by atoms with Crippen LogP contribution in [-0.2, 0) is 19.6 Å². The summed E-state index contributed by atoms with van der Waals surface area (Å²) in [6.07, 6.45) is 1.83. The summed E-state index contributed by atoms with van der Waals surface area (Å²) in [7, 11) is -3.85. The Kier molecular flexibility index (Phi) is 6.14. The predicted octanol–water partition coefficient (Wildman–Crippen LogP) is 3.57. The van der Waals surface area contributed by atoms with Crippen molar-refractivity contribution in [2.24, 2.45) is 0 Å². The zero-order valence-electron chi connectivity index (χ0n) is 15.7. The van der Waals surface area contributed by atoms with Crippen LogP contribution in [0.5, 0.6) is 0 Å². The minimum absolute atomic E-state index is 0.00243. The van der Waals surface area contributed by atoms with Crippen LogP contribution in [0, 0.1) is 0 Å². The van der Waals surface area contributed by atoms with Crippen LogP contribution in [0.3, 0.4) is 0 Å². The van der Waals surface area contributed by atoms with E-state index in [1.54, 1.807) is 31.2 Å². The summed E-state index contributed by atoms with van der Waals surface area (Å²) in [5, 5.41) is 0. The van der Waals surface area contributed by atoms with E-state index < -0.39 is 22.1 Å². The van der Waals surface area contributed by atoms with Crippen LogP contribution in [-0.4, -0.2) is 32.8 Å². The van der Waals surface area contributed by atoms with Gasteiger partial charge in [-0.1, -0.05) is 24.3 Å². The van der Waals surface area contributed by atoms with Gasteiger partial charge in [-0.3, -0.25) is 9.10 Å². The van der Waals surface area contributed by atoms with Gasteiger partial charge in [0.15, 0.2) is 11.9 Å². The fourth-order valence-corrected chi connectivity index (χ4v) is 4.79. The van der Waals surface area contributed by atoms with E-state index in [1.165, 1.54) is 28.6 Å². The Morgan fingerprint density at radius 2 is 1.86 bits per heavy atom. The van der Waals surface area contributed by atoms with Gasteiger partial charge in [-0.25, -0.2) is 13.2 Å². The summed E-state index contributed by atoms with van der Waals surface area (Å²) >= 11 is 0. The van der Waals surface area contributed by atoms with E-state index in [2.05, 4.69) is 0 Å². The number of sulfonamides is 1. The molecule has 0 saturated heterocycles. The molecule has 1 aliphatic carbocycles. The number of anilines is 1. The number of hydrogen-bond acceptors (Lipinski definition) is 5. The third-order valence-corrected chi connectivity index (χ3v) is 6.64. The molecule has 0 unspecified atom stereocenters. The first kappa shape index (κ1) is 20.1. The Morgan fingerprint density at radius 3 is 2.54 bits per heavy atom. The van der Waals surface area contributed by atoms with Gasteiger partial charge in [-0.15, -0.1) is 0 Å². The maximum Gasteiger partial charge on any atom is 0.338 e. The molecule has 0 spiro atoms. The normalized spacial score (nSPS) is 17.2. The summed E-state index contributed by atoms with van der Waals surface area (Å²) in [4.78, 5) is 24.4. The minimum atomic E-state index is -3.85. The van der Waals surface area contributed by atoms with Crippen LogP contribution in [0.1, 0.15) is 43.0 Å². The maximum absolute atomic E-state index is 13.1. The monoisotopic (exact) mass is 401 g/mol. The van der Waals surface area contributed by atoms with E-state index >= 15 is 0 Å². The molecule has 0 amide bonds. The summed E-state index contributed by atoms with van der Waals surface area (Å²) in [5.74, 6) is -0.760. The van der Waals surface area contributed by atoms with Crippen molar-refractivity contribution in [3.05, 3.63) is 60.2 Å². The van der Waals surface area contributed by atoms with Crippen LogP contribution in [0.2, 0.25) is 0 Å². The molecule has 1 atom stereocenters. The summed E-state index contributed by atoms with van der Waals surface area (Å²) in [6, 6.07) is 14.5. The molecule has 2 aromatic carbocycles. The molecule has 148 valence electrons. The zero-order valence-corrected chi connectivity index (χ0v) is 16.5. The standard InChI is InChI=1S/C21H23NO5S/c1-2-22(17-10-4-3-5-11-17)28(25,26)18-12-8-9-16(15-18)21(24)27-20-14-7-6-13-19(20)23/h3-5,8-12,15,20H,2,6-7,13-14H2,1H3/t20-/m1/s1. The quantitative estimate of drug-likeness (QED) is 0.691. The average Bonchev–Trinajstić information content (AvgIpc) is 2.71. The number of benzene rings is 2. The highest BCUT2D eigenvalue weighted by Crippen LogP contribution is 2.25. The zero-order chi connectivity index (χ0) is 20.1. The molecule has 0 radical (unpaired) electrons. The maximum atomic E-state index is 13.1. The number of rotatable bonds is 6. The summed E-state index contributed by atoms with van der Waals surface area (Å²) < 4.78 is 32.8. The number of carbonyl (C=O) groups is 2. The van der Waals surface area contributed by atoms with Gasteiger partial charge in [0.05, 0.1) is 16.1 Å². The van der Waals surface area contributed by atoms with Crippen molar-refractivity contribution in [3.8, 4) is 0 Å². The molecule has 28 heavy (non-hydrogen) atoms. The molecule has 0 heterocycles. The number of para-hydroxylation sites is 1. The molecule has 1 aliphatic rings. The van der Waals surface area contributed by atoms with E-state index in [0.29, 0.717) is 18.5 Å². The molecule has 2 aromatic rings. The van der Waals surface area contributed by atoms with Crippen LogP contribution < -0.4 is 4.31 Å². The second kappa shape index (κ2) is 8.56. The average molecular weight is 401 g/mol. The smallest absolute Gasteiger partial charge is 0.338 e. The van der Waals surface area contributed by atoms with E-state index in [1.807, 2.05) is 6.07 Å². The molecule has 1 saturated carbocycles. The van der Waals surface area contributed by atoms with Crippen LogP contribution in [0.25, 0.3) is 0 Å². The predicted molar refractivity (Wildman–Crippen MR) is 106 cm³/mol. The Bertz CT molecular complexity index is 956. The van der Waals surface area contributed by atoms with E-state index in [-0.39, 0.29) is 22.8 Å². The van der Waals surface area contributed by atoms with Crippen LogP contribution in [0.4, 0.5) is 5.69 Å².